The van der Waals surface area contributed by atoms with Crippen molar-refractivity contribution in [2.24, 2.45) is 17.6 Å². The Kier molecular flexibility index (Phi) is 3.78. The number of rotatable bonds is 4. The van der Waals surface area contributed by atoms with Crippen LogP contribution in [0.1, 0.15) is 24.8 Å². The minimum atomic E-state index is 0.706. The van der Waals surface area contributed by atoms with Gasteiger partial charge in [-0.25, -0.2) is 4.98 Å². The number of pyridine rings is 1. The first-order chi connectivity index (χ1) is 7.79. The second-order valence-corrected chi connectivity index (χ2v) is 4.79. The van der Waals surface area contributed by atoms with E-state index in [1.54, 1.807) is 0 Å². The van der Waals surface area contributed by atoms with Crippen LogP contribution in [0.4, 0.5) is 5.82 Å². The average molecular weight is 219 g/mol. The molecule has 1 aliphatic carbocycles. The second kappa shape index (κ2) is 5.30. The molecule has 1 aromatic rings. The Balaban J connectivity index is 1.87. The van der Waals surface area contributed by atoms with Crippen LogP contribution < -0.4 is 11.1 Å². The van der Waals surface area contributed by atoms with Gasteiger partial charge in [0.2, 0.25) is 0 Å². The van der Waals surface area contributed by atoms with Gasteiger partial charge in [0.1, 0.15) is 5.82 Å². The summed E-state index contributed by atoms with van der Waals surface area (Å²) in [4.78, 5) is 4.31. The highest BCUT2D eigenvalue weighted by atomic mass is 15.0. The predicted molar refractivity (Wildman–Crippen MR) is 67.3 cm³/mol. The fourth-order valence-corrected chi connectivity index (χ4v) is 2.56. The fraction of sp³-hybridized carbons (Fsp3) is 0.615. The second-order valence-electron chi connectivity index (χ2n) is 4.79. The summed E-state index contributed by atoms with van der Waals surface area (Å²) in [5.74, 6) is 2.42. The van der Waals surface area contributed by atoms with Crippen LogP contribution >= 0.6 is 0 Å². The molecule has 3 nitrogen and oxygen atoms in total. The molecule has 0 aromatic carbocycles. The first kappa shape index (κ1) is 11.4. The van der Waals surface area contributed by atoms with E-state index in [1.807, 2.05) is 12.3 Å². The van der Waals surface area contributed by atoms with E-state index in [4.69, 9.17) is 5.73 Å². The first-order valence-corrected chi connectivity index (χ1v) is 6.16. The van der Waals surface area contributed by atoms with Crippen LogP contribution in [0, 0.1) is 18.8 Å². The van der Waals surface area contributed by atoms with Crippen LogP contribution in [-0.4, -0.2) is 18.1 Å². The lowest BCUT2D eigenvalue weighted by Gasteiger charge is -2.18. The highest BCUT2D eigenvalue weighted by molar-refractivity contribution is 5.36. The molecule has 1 aliphatic rings. The number of aryl methyl sites for hydroxylation is 1. The van der Waals surface area contributed by atoms with Gasteiger partial charge in [-0.2, -0.15) is 0 Å². The van der Waals surface area contributed by atoms with Crippen molar-refractivity contribution in [3.8, 4) is 0 Å². The highest BCUT2D eigenvalue weighted by Gasteiger charge is 2.25. The van der Waals surface area contributed by atoms with E-state index in [1.165, 1.54) is 24.8 Å². The van der Waals surface area contributed by atoms with Crippen LogP contribution in [0.2, 0.25) is 0 Å². The van der Waals surface area contributed by atoms with E-state index < -0.39 is 0 Å². The van der Waals surface area contributed by atoms with E-state index in [-0.39, 0.29) is 0 Å². The van der Waals surface area contributed by atoms with Gasteiger partial charge >= 0.3 is 0 Å². The summed E-state index contributed by atoms with van der Waals surface area (Å²) in [6.45, 7) is 3.93. The maximum absolute atomic E-state index is 5.77. The third-order valence-electron chi connectivity index (χ3n) is 3.58. The predicted octanol–water partition coefficient (Wildman–Crippen LogP) is 2.18. The molecular formula is C13H21N3. The van der Waals surface area contributed by atoms with Crippen LogP contribution in [0.25, 0.3) is 0 Å². The SMILES string of the molecule is Cc1ccnc(NCC2CCCC2CN)c1. The summed E-state index contributed by atoms with van der Waals surface area (Å²) in [5, 5.41) is 3.43. The molecule has 0 amide bonds. The lowest BCUT2D eigenvalue weighted by molar-refractivity contribution is 0.414. The molecule has 0 aliphatic heterocycles. The van der Waals surface area contributed by atoms with Crippen LogP contribution in [0.15, 0.2) is 18.3 Å². The monoisotopic (exact) mass is 219 g/mol. The summed E-state index contributed by atoms with van der Waals surface area (Å²) in [6.07, 6.45) is 5.78. The zero-order chi connectivity index (χ0) is 11.4. The van der Waals surface area contributed by atoms with Crippen molar-refractivity contribution in [3.05, 3.63) is 23.9 Å². The molecule has 1 aromatic heterocycles. The molecule has 1 fully saturated rings. The van der Waals surface area contributed by atoms with E-state index in [9.17, 15) is 0 Å². The highest BCUT2D eigenvalue weighted by Crippen LogP contribution is 2.30. The molecule has 2 unspecified atom stereocenters. The van der Waals surface area contributed by atoms with E-state index in [0.29, 0.717) is 5.92 Å². The van der Waals surface area contributed by atoms with Crippen LogP contribution in [0.5, 0.6) is 0 Å². The maximum atomic E-state index is 5.77. The van der Waals surface area contributed by atoms with Crippen molar-refractivity contribution in [3.63, 3.8) is 0 Å². The Morgan fingerprint density at radius 2 is 2.25 bits per heavy atom. The topological polar surface area (TPSA) is 50.9 Å². The van der Waals surface area contributed by atoms with Gasteiger partial charge in [-0.15, -0.1) is 0 Å². The quantitative estimate of drug-likeness (QED) is 0.816. The third kappa shape index (κ3) is 2.73. The molecule has 0 bridgehead atoms. The lowest BCUT2D eigenvalue weighted by Crippen LogP contribution is -2.24. The van der Waals surface area contributed by atoms with Crippen LogP contribution in [-0.2, 0) is 0 Å². The Bertz CT molecular complexity index is 338. The van der Waals surface area contributed by atoms with E-state index in [0.717, 1.165) is 24.8 Å². The largest absolute Gasteiger partial charge is 0.370 e. The third-order valence-corrected chi connectivity index (χ3v) is 3.58. The number of nitrogens with zero attached hydrogens (tertiary/aromatic N) is 1. The number of aromatic nitrogens is 1. The zero-order valence-electron chi connectivity index (χ0n) is 9.95. The maximum Gasteiger partial charge on any atom is 0.126 e. The molecule has 88 valence electrons. The molecule has 2 atom stereocenters. The van der Waals surface area contributed by atoms with Gasteiger partial charge in [0.25, 0.3) is 0 Å². The summed E-state index contributed by atoms with van der Waals surface area (Å²) in [7, 11) is 0. The van der Waals surface area contributed by atoms with Gasteiger partial charge < -0.3 is 11.1 Å². The average Bonchev–Trinajstić information content (AvgIpc) is 2.74. The molecule has 1 saturated carbocycles. The Hall–Kier alpha value is -1.09. The van der Waals surface area contributed by atoms with Gasteiger partial charge in [0, 0.05) is 12.7 Å². The zero-order valence-corrected chi connectivity index (χ0v) is 9.95. The van der Waals surface area contributed by atoms with Crippen molar-refractivity contribution in [2.75, 3.05) is 18.4 Å². The summed E-state index contributed by atoms with van der Waals surface area (Å²) >= 11 is 0. The normalized spacial score (nSPS) is 24.6. The fourth-order valence-electron chi connectivity index (χ4n) is 2.56. The minimum Gasteiger partial charge on any atom is -0.370 e. The Labute approximate surface area is 97.5 Å². The Morgan fingerprint density at radius 3 is 3.00 bits per heavy atom. The van der Waals surface area contributed by atoms with Crippen LogP contribution in [0.3, 0.4) is 0 Å². The van der Waals surface area contributed by atoms with Crippen molar-refractivity contribution < 1.29 is 0 Å². The van der Waals surface area contributed by atoms with Gasteiger partial charge in [0.15, 0.2) is 0 Å². The Morgan fingerprint density at radius 1 is 1.44 bits per heavy atom. The van der Waals surface area contributed by atoms with Crippen molar-refractivity contribution in [1.82, 2.24) is 4.98 Å². The number of anilines is 1. The van der Waals surface area contributed by atoms with Crippen molar-refractivity contribution >= 4 is 5.82 Å². The van der Waals surface area contributed by atoms with E-state index in [2.05, 4.69) is 23.3 Å². The van der Waals surface area contributed by atoms with Gasteiger partial charge in [-0.3, -0.25) is 0 Å². The minimum absolute atomic E-state index is 0.706. The molecule has 0 spiro atoms. The van der Waals surface area contributed by atoms with Gasteiger partial charge in [-0.05, 0) is 55.8 Å². The number of nitrogens with one attached hydrogen (secondary N) is 1. The van der Waals surface area contributed by atoms with Gasteiger partial charge in [-0.1, -0.05) is 6.42 Å². The molecule has 3 heteroatoms. The van der Waals surface area contributed by atoms with E-state index >= 15 is 0 Å². The first-order valence-electron chi connectivity index (χ1n) is 6.16. The lowest BCUT2D eigenvalue weighted by atomic mass is 9.96. The molecule has 3 N–H and O–H groups in total. The molecule has 0 saturated heterocycles. The molecule has 16 heavy (non-hydrogen) atoms. The number of hydrogen-bond donors (Lipinski definition) is 2. The van der Waals surface area contributed by atoms with Gasteiger partial charge in [0.05, 0.1) is 0 Å². The summed E-state index contributed by atoms with van der Waals surface area (Å²) < 4.78 is 0. The molecule has 1 heterocycles. The molecule has 0 radical (unpaired) electrons. The van der Waals surface area contributed by atoms with Crippen molar-refractivity contribution in [1.29, 1.82) is 0 Å². The number of hydrogen-bond acceptors (Lipinski definition) is 3. The smallest absolute Gasteiger partial charge is 0.126 e. The standard InChI is InChI=1S/C13H21N3/c1-10-5-6-15-13(7-10)16-9-12-4-2-3-11(12)8-14/h5-7,11-12H,2-4,8-9,14H2,1H3,(H,15,16). The molecule has 2 rings (SSSR count). The molecular weight excluding hydrogens is 198 g/mol. The number of nitrogens with two attached hydrogens (primary N) is 1. The summed E-state index contributed by atoms with van der Waals surface area (Å²) in [5.41, 5.74) is 7.02. The van der Waals surface area contributed by atoms with Crippen molar-refractivity contribution in [2.45, 2.75) is 26.2 Å². The summed E-state index contributed by atoms with van der Waals surface area (Å²) in [6, 6.07) is 4.11.